The lowest BCUT2D eigenvalue weighted by Gasteiger charge is -2.16. The van der Waals surface area contributed by atoms with E-state index in [0.717, 1.165) is 21.3 Å². The van der Waals surface area contributed by atoms with Crippen LogP contribution in [0, 0.1) is 0 Å². The molecule has 0 bridgehead atoms. The summed E-state index contributed by atoms with van der Waals surface area (Å²) >= 11 is 5.18. The monoisotopic (exact) mass is 326 g/mol. The molecule has 0 aliphatic carbocycles. The number of benzene rings is 1. The van der Waals surface area contributed by atoms with Gasteiger partial charge in [0.15, 0.2) is 0 Å². The number of rotatable bonds is 5. The lowest BCUT2D eigenvalue weighted by atomic mass is 10.0. The minimum absolute atomic E-state index is 0.0127. The Labute approximate surface area is 119 Å². The van der Waals surface area contributed by atoms with Crippen LogP contribution in [0.25, 0.3) is 0 Å². The van der Waals surface area contributed by atoms with Crippen molar-refractivity contribution in [2.24, 2.45) is 5.84 Å². The second-order valence-corrected chi connectivity index (χ2v) is 5.37. The molecule has 0 spiro atoms. The molecule has 3 N–H and O–H groups in total. The predicted octanol–water partition coefficient (Wildman–Crippen LogP) is 3.46. The van der Waals surface area contributed by atoms with Crippen LogP contribution in [0.3, 0.4) is 0 Å². The maximum absolute atomic E-state index is 5.66. The van der Waals surface area contributed by atoms with Crippen LogP contribution in [-0.4, -0.2) is 6.61 Å². The zero-order chi connectivity index (χ0) is 13.0. The van der Waals surface area contributed by atoms with Crippen molar-refractivity contribution in [2.45, 2.75) is 13.0 Å². The van der Waals surface area contributed by atoms with E-state index in [1.165, 1.54) is 0 Å². The van der Waals surface area contributed by atoms with Gasteiger partial charge in [0.05, 0.1) is 12.6 Å². The summed E-state index contributed by atoms with van der Waals surface area (Å²) in [7, 11) is 0. The summed E-state index contributed by atoms with van der Waals surface area (Å²) in [4.78, 5) is 0. The van der Waals surface area contributed by atoms with Crippen molar-refractivity contribution < 1.29 is 4.74 Å². The Kier molecular flexibility index (Phi) is 4.77. The minimum atomic E-state index is -0.0127. The molecule has 1 heterocycles. The molecule has 3 nitrogen and oxygen atoms in total. The normalized spacial score (nSPS) is 12.4. The quantitative estimate of drug-likeness (QED) is 0.653. The molecule has 1 aromatic carbocycles. The van der Waals surface area contributed by atoms with Crippen LogP contribution in [0.1, 0.15) is 24.1 Å². The SMILES string of the molecule is CCOc1ccc(C(NN)c2cscc2Br)cc1. The van der Waals surface area contributed by atoms with Crippen LogP contribution >= 0.6 is 27.3 Å². The van der Waals surface area contributed by atoms with E-state index >= 15 is 0 Å². The van der Waals surface area contributed by atoms with Gasteiger partial charge in [-0.25, -0.2) is 5.43 Å². The molecule has 0 saturated carbocycles. The molecular formula is C13H15BrN2OS. The van der Waals surface area contributed by atoms with Gasteiger partial charge in [-0.3, -0.25) is 5.84 Å². The van der Waals surface area contributed by atoms with Crippen LogP contribution in [-0.2, 0) is 0 Å². The molecule has 0 aliphatic rings. The van der Waals surface area contributed by atoms with E-state index < -0.39 is 0 Å². The van der Waals surface area contributed by atoms with E-state index in [9.17, 15) is 0 Å². The zero-order valence-corrected chi connectivity index (χ0v) is 12.4. The first-order valence-electron chi connectivity index (χ1n) is 5.66. The van der Waals surface area contributed by atoms with Crippen LogP contribution in [0.4, 0.5) is 0 Å². The molecule has 1 unspecified atom stereocenters. The van der Waals surface area contributed by atoms with E-state index in [1.54, 1.807) is 11.3 Å². The fourth-order valence-electron chi connectivity index (χ4n) is 1.79. The molecule has 5 heteroatoms. The topological polar surface area (TPSA) is 47.3 Å². The first-order valence-corrected chi connectivity index (χ1v) is 7.40. The molecule has 1 atom stereocenters. The van der Waals surface area contributed by atoms with Gasteiger partial charge in [0.1, 0.15) is 5.75 Å². The molecule has 0 aliphatic heterocycles. The number of hydrogen-bond acceptors (Lipinski definition) is 4. The standard InChI is InChI=1S/C13H15BrN2OS/c1-2-17-10-5-3-9(4-6-10)13(16-15)11-7-18-8-12(11)14/h3-8,13,16H,2,15H2,1H3. The Morgan fingerprint density at radius 2 is 2.06 bits per heavy atom. The van der Waals surface area contributed by atoms with Crippen LogP contribution in [0.5, 0.6) is 5.75 Å². The highest BCUT2D eigenvalue weighted by Crippen LogP contribution is 2.31. The number of hydrogen-bond donors (Lipinski definition) is 2. The predicted molar refractivity (Wildman–Crippen MR) is 78.8 cm³/mol. The molecule has 2 rings (SSSR count). The Morgan fingerprint density at radius 1 is 1.33 bits per heavy atom. The minimum Gasteiger partial charge on any atom is -0.494 e. The summed E-state index contributed by atoms with van der Waals surface area (Å²) in [6, 6.07) is 7.97. The summed E-state index contributed by atoms with van der Waals surface area (Å²) in [6.07, 6.45) is 0. The molecular weight excluding hydrogens is 312 g/mol. The molecule has 0 radical (unpaired) electrons. The van der Waals surface area contributed by atoms with Gasteiger partial charge in [0, 0.05) is 9.85 Å². The highest BCUT2D eigenvalue weighted by Gasteiger charge is 2.16. The van der Waals surface area contributed by atoms with Gasteiger partial charge in [-0.05, 0) is 51.5 Å². The summed E-state index contributed by atoms with van der Waals surface area (Å²) in [5, 5.41) is 4.14. The Hall–Kier alpha value is -0.880. The maximum Gasteiger partial charge on any atom is 0.119 e. The van der Waals surface area contributed by atoms with Gasteiger partial charge in [-0.1, -0.05) is 12.1 Å². The van der Waals surface area contributed by atoms with E-state index in [4.69, 9.17) is 10.6 Å². The molecule has 0 fully saturated rings. The molecule has 1 aromatic heterocycles. The average Bonchev–Trinajstić information content (AvgIpc) is 2.79. The fourth-order valence-corrected chi connectivity index (χ4v) is 3.34. The number of nitrogens with one attached hydrogen (secondary N) is 1. The maximum atomic E-state index is 5.66. The Bertz CT molecular complexity index is 498. The van der Waals surface area contributed by atoms with Gasteiger partial charge in [0.2, 0.25) is 0 Å². The van der Waals surface area contributed by atoms with Crippen LogP contribution in [0.15, 0.2) is 39.5 Å². The third-order valence-corrected chi connectivity index (χ3v) is 4.40. The number of nitrogens with two attached hydrogens (primary N) is 1. The van der Waals surface area contributed by atoms with Gasteiger partial charge in [-0.15, -0.1) is 0 Å². The van der Waals surface area contributed by atoms with Crippen LogP contribution < -0.4 is 16.0 Å². The first kappa shape index (κ1) is 13.5. The first-order chi connectivity index (χ1) is 8.76. The molecule has 96 valence electrons. The second-order valence-electron chi connectivity index (χ2n) is 3.78. The summed E-state index contributed by atoms with van der Waals surface area (Å²) in [5.74, 6) is 6.54. The largest absolute Gasteiger partial charge is 0.494 e. The highest BCUT2D eigenvalue weighted by atomic mass is 79.9. The number of thiophene rings is 1. The van der Waals surface area contributed by atoms with Crippen molar-refractivity contribution in [3.63, 3.8) is 0 Å². The van der Waals surface area contributed by atoms with Crippen molar-refractivity contribution in [1.29, 1.82) is 0 Å². The lowest BCUT2D eigenvalue weighted by Crippen LogP contribution is -2.28. The number of ether oxygens (including phenoxy) is 1. The van der Waals surface area contributed by atoms with Gasteiger partial charge in [-0.2, -0.15) is 11.3 Å². The molecule has 18 heavy (non-hydrogen) atoms. The Balaban J connectivity index is 2.25. The van der Waals surface area contributed by atoms with Crippen molar-refractivity contribution in [3.8, 4) is 5.75 Å². The molecule has 0 saturated heterocycles. The zero-order valence-electron chi connectivity index (χ0n) is 10.0. The summed E-state index contributed by atoms with van der Waals surface area (Å²) in [5.41, 5.74) is 5.11. The van der Waals surface area contributed by atoms with Crippen LogP contribution in [0.2, 0.25) is 0 Å². The number of hydrazine groups is 1. The highest BCUT2D eigenvalue weighted by molar-refractivity contribution is 9.10. The van der Waals surface area contributed by atoms with E-state index in [2.05, 4.69) is 26.7 Å². The van der Waals surface area contributed by atoms with Crippen molar-refractivity contribution >= 4 is 27.3 Å². The summed E-state index contributed by atoms with van der Waals surface area (Å²) < 4.78 is 6.50. The third-order valence-electron chi connectivity index (χ3n) is 2.64. The fraction of sp³-hybridized carbons (Fsp3) is 0.231. The van der Waals surface area contributed by atoms with E-state index in [1.807, 2.05) is 36.6 Å². The average molecular weight is 327 g/mol. The van der Waals surface area contributed by atoms with E-state index in [-0.39, 0.29) is 6.04 Å². The molecule has 0 amide bonds. The third kappa shape index (κ3) is 2.92. The van der Waals surface area contributed by atoms with Crippen molar-refractivity contribution in [1.82, 2.24) is 5.43 Å². The van der Waals surface area contributed by atoms with Gasteiger partial charge < -0.3 is 4.74 Å². The Morgan fingerprint density at radius 3 is 2.56 bits per heavy atom. The van der Waals surface area contributed by atoms with Gasteiger partial charge in [0.25, 0.3) is 0 Å². The van der Waals surface area contributed by atoms with Gasteiger partial charge >= 0.3 is 0 Å². The lowest BCUT2D eigenvalue weighted by molar-refractivity contribution is 0.340. The number of halogens is 1. The smallest absolute Gasteiger partial charge is 0.119 e. The summed E-state index contributed by atoms with van der Waals surface area (Å²) in [6.45, 7) is 2.65. The second kappa shape index (κ2) is 6.33. The van der Waals surface area contributed by atoms with Crippen molar-refractivity contribution in [3.05, 3.63) is 50.6 Å². The molecule has 2 aromatic rings. The van der Waals surface area contributed by atoms with E-state index in [0.29, 0.717) is 6.61 Å². The van der Waals surface area contributed by atoms with Crippen molar-refractivity contribution in [2.75, 3.05) is 6.61 Å².